The highest BCUT2D eigenvalue weighted by Gasteiger charge is 2.20. The van der Waals surface area contributed by atoms with Crippen molar-refractivity contribution in [1.29, 1.82) is 0 Å². The molecular weight excluding hydrogens is 228 g/mol. The molecular formula is C14H20N2O2. The molecule has 2 N–H and O–H groups in total. The third-order valence-corrected chi connectivity index (χ3v) is 3.12. The van der Waals surface area contributed by atoms with Crippen molar-refractivity contribution in [3.8, 4) is 0 Å². The quantitative estimate of drug-likeness (QED) is 0.779. The number of anilines is 1. The van der Waals surface area contributed by atoms with Crippen molar-refractivity contribution in [2.45, 2.75) is 12.8 Å². The molecule has 1 aromatic rings. The van der Waals surface area contributed by atoms with Crippen LogP contribution in [0.5, 0.6) is 0 Å². The molecule has 0 saturated carbocycles. The molecule has 0 spiro atoms. The molecule has 1 aromatic carbocycles. The Morgan fingerprint density at radius 3 is 2.61 bits per heavy atom. The highest BCUT2D eigenvalue weighted by molar-refractivity contribution is 5.78. The molecule has 18 heavy (non-hydrogen) atoms. The van der Waals surface area contributed by atoms with Crippen LogP contribution in [0.25, 0.3) is 0 Å². The first-order valence-corrected chi connectivity index (χ1v) is 6.50. The zero-order chi connectivity index (χ0) is 12.6. The van der Waals surface area contributed by atoms with Crippen LogP contribution in [-0.4, -0.2) is 32.2 Å². The second-order valence-electron chi connectivity index (χ2n) is 4.47. The van der Waals surface area contributed by atoms with Gasteiger partial charge >= 0.3 is 0 Å². The molecule has 1 fully saturated rings. The van der Waals surface area contributed by atoms with Crippen LogP contribution >= 0.6 is 0 Å². The number of hydrogen-bond donors (Lipinski definition) is 2. The standard InChI is InChI=1S/C14H20N2O2/c17-14(12-6-10-18-11-7-12)16-9-8-15-13-4-2-1-3-5-13/h1-5,12,15H,6-11H2,(H,16,17). The summed E-state index contributed by atoms with van der Waals surface area (Å²) in [5, 5.41) is 6.23. The maximum atomic E-state index is 11.8. The van der Waals surface area contributed by atoms with Crippen molar-refractivity contribution in [1.82, 2.24) is 5.32 Å². The van der Waals surface area contributed by atoms with E-state index >= 15 is 0 Å². The smallest absolute Gasteiger partial charge is 0.223 e. The van der Waals surface area contributed by atoms with Crippen LogP contribution in [0.3, 0.4) is 0 Å². The Morgan fingerprint density at radius 1 is 1.17 bits per heavy atom. The molecule has 1 heterocycles. The van der Waals surface area contributed by atoms with E-state index in [-0.39, 0.29) is 11.8 Å². The number of benzene rings is 1. The van der Waals surface area contributed by atoms with Gasteiger partial charge < -0.3 is 15.4 Å². The number of ether oxygens (including phenoxy) is 1. The average molecular weight is 248 g/mol. The summed E-state index contributed by atoms with van der Waals surface area (Å²) in [6, 6.07) is 9.99. The summed E-state index contributed by atoms with van der Waals surface area (Å²) in [6.45, 7) is 2.82. The number of amides is 1. The second kappa shape index (κ2) is 7.01. The van der Waals surface area contributed by atoms with Gasteiger partial charge in [-0.05, 0) is 25.0 Å². The SMILES string of the molecule is O=C(NCCNc1ccccc1)C1CCOCC1. The minimum absolute atomic E-state index is 0.135. The summed E-state index contributed by atoms with van der Waals surface area (Å²) in [5.41, 5.74) is 1.08. The predicted octanol–water partition coefficient (Wildman–Crippen LogP) is 1.64. The molecule has 0 aromatic heterocycles. The van der Waals surface area contributed by atoms with Gasteiger partial charge in [0.05, 0.1) is 0 Å². The van der Waals surface area contributed by atoms with Gasteiger partial charge in [-0.3, -0.25) is 4.79 Å². The number of carbonyl (C=O) groups excluding carboxylic acids is 1. The van der Waals surface area contributed by atoms with Gasteiger partial charge in [0.1, 0.15) is 0 Å². The molecule has 4 heteroatoms. The van der Waals surface area contributed by atoms with E-state index in [0.29, 0.717) is 19.8 Å². The maximum Gasteiger partial charge on any atom is 0.223 e. The Morgan fingerprint density at radius 2 is 1.89 bits per heavy atom. The van der Waals surface area contributed by atoms with E-state index in [9.17, 15) is 4.79 Å². The molecule has 1 aliphatic rings. The first kappa shape index (κ1) is 12.9. The maximum absolute atomic E-state index is 11.8. The zero-order valence-corrected chi connectivity index (χ0v) is 10.5. The van der Waals surface area contributed by atoms with Crippen LogP contribution in [0.2, 0.25) is 0 Å². The van der Waals surface area contributed by atoms with Crippen LogP contribution in [-0.2, 0) is 9.53 Å². The van der Waals surface area contributed by atoms with E-state index < -0.39 is 0 Å². The lowest BCUT2D eigenvalue weighted by Gasteiger charge is -2.21. The third-order valence-electron chi connectivity index (χ3n) is 3.12. The van der Waals surface area contributed by atoms with Crippen molar-refractivity contribution in [3.05, 3.63) is 30.3 Å². The summed E-state index contributed by atoms with van der Waals surface area (Å²) < 4.78 is 5.24. The van der Waals surface area contributed by atoms with Gasteiger partial charge in [-0.15, -0.1) is 0 Å². The lowest BCUT2D eigenvalue weighted by Crippen LogP contribution is -2.36. The number of carbonyl (C=O) groups is 1. The van der Waals surface area contributed by atoms with Gasteiger partial charge in [0.15, 0.2) is 0 Å². The summed E-state index contributed by atoms with van der Waals surface area (Å²) >= 11 is 0. The van der Waals surface area contributed by atoms with E-state index in [1.165, 1.54) is 0 Å². The Labute approximate surface area is 108 Å². The number of para-hydroxylation sites is 1. The van der Waals surface area contributed by atoms with Crippen LogP contribution in [0.1, 0.15) is 12.8 Å². The number of hydrogen-bond acceptors (Lipinski definition) is 3. The van der Waals surface area contributed by atoms with E-state index in [1.54, 1.807) is 0 Å². The van der Waals surface area contributed by atoms with Gasteiger partial charge in [-0.25, -0.2) is 0 Å². The van der Waals surface area contributed by atoms with Crippen molar-refractivity contribution in [3.63, 3.8) is 0 Å². The summed E-state index contributed by atoms with van der Waals surface area (Å²) in [5.74, 6) is 0.295. The molecule has 98 valence electrons. The average Bonchev–Trinajstić information content (AvgIpc) is 2.45. The van der Waals surface area contributed by atoms with Gasteiger partial charge in [0.2, 0.25) is 5.91 Å². The molecule has 0 atom stereocenters. The highest BCUT2D eigenvalue weighted by Crippen LogP contribution is 2.14. The largest absolute Gasteiger partial charge is 0.383 e. The van der Waals surface area contributed by atoms with Crippen molar-refractivity contribution in [2.24, 2.45) is 5.92 Å². The Kier molecular flexibility index (Phi) is 5.02. The molecule has 1 saturated heterocycles. The summed E-state index contributed by atoms with van der Waals surface area (Å²) in [6.07, 6.45) is 1.69. The van der Waals surface area contributed by atoms with E-state index in [2.05, 4.69) is 10.6 Å². The van der Waals surface area contributed by atoms with Crippen LogP contribution in [0.15, 0.2) is 30.3 Å². The second-order valence-corrected chi connectivity index (χ2v) is 4.47. The van der Waals surface area contributed by atoms with Gasteiger partial charge in [0.25, 0.3) is 0 Å². The third kappa shape index (κ3) is 4.04. The fourth-order valence-electron chi connectivity index (χ4n) is 2.05. The molecule has 1 amide bonds. The Balaban J connectivity index is 1.61. The molecule has 4 nitrogen and oxygen atoms in total. The molecule has 0 bridgehead atoms. The van der Waals surface area contributed by atoms with Crippen molar-refractivity contribution in [2.75, 3.05) is 31.6 Å². The summed E-state index contributed by atoms with van der Waals surface area (Å²) in [7, 11) is 0. The lowest BCUT2D eigenvalue weighted by molar-refractivity contribution is -0.127. The first-order valence-electron chi connectivity index (χ1n) is 6.50. The van der Waals surface area contributed by atoms with Gasteiger partial charge in [-0.2, -0.15) is 0 Å². The van der Waals surface area contributed by atoms with E-state index in [0.717, 1.165) is 25.1 Å². The van der Waals surface area contributed by atoms with Gasteiger partial charge in [0, 0.05) is 37.9 Å². The fourth-order valence-corrected chi connectivity index (χ4v) is 2.05. The highest BCUT2D eigenvalue weighted by atomic mass is 16.5. The molecule has 0 unspecified atom stereocenters. The van der Waals surface area contributed by atoms with Crippen molar-refractivity contribution < 1.29 is 9.53 Å². The minimum atomic E-state index is 0.135. The topological polar surface area (TPSA) is 50.4 Å². The van der Waals surface area contributed by atoms with Crippen LogP contribution in [0.4, 0.5) is 5.69 Å². The Bertz CT molecular complexity index is 361. The first-order chi connectivity index (χ1) is 8.86. The van der Waals surface area contributed by atoms with E-state index in [1.807, 2.05) is 30.3 Å². The van der Waals surface area contributed by atoms with Crippen molar-refractivity contribution >= 4 is 11.6 Å². The summed E-state index contributed by atoms with van der Waals surface area (Å²) in [4.78, 5) is 11.8. The lowest BCUT2D eigenvalue weighted by atomic mass is 9.99. The normalized spacial score (nSPS) is 16.2. The van der Waals surface area contributed by atoms with Gasteiger partial charge in [-0.1, -0.05) is 18.2 Å². The predicted molar refractivity (Wildman–Crippen MR) is 71.5 cm³/mol. The molecule has 2 rings (SSSR count). The zero-order valence-electron chi connectivity index (χ0n) is 10.5. The number of rotatable bonds is 5. The van der Waals surface area contributed by atoms with E-state index in [4.69, 9.17) is 4.74 Å². The molecule has 0 aliphatic carbocycles. The Hall–Kier alpha value is -1.55. The molecule has 1 aliphatic heterocycles. The van der Waals surface area contributed by atoms with Crippen LogP contribution < -0.4 is 10.6 Å². The fraction of sp³-hybridized carbons (Fsp3) is 0.500. The van der Waals surface area contributed by atoms with Crippen LogP contribution in [0, 0.1) is 5.92 Å². The minimum Gasteiger partial charge on any atom is -0.383 e. The number of nitrogens with one attached hydrogen (secondary N) is 2. The monoisotopic (exact) mass is 248 g/mol. The molecule has 0 radical (unpaired) electrons.